The third-order valence-corrected chi connectivity index (χ3v) is 5.69. The highest BCUT2D eigenvalue weighted by Gasteiger charge is 2.26. The van der Waals surface area contributed by atoms with Gasteiger partial charge in [0.15, 0.2) is 0 Å². The number of halogens is 1. The van der Waals surface area contributed by atoms with Crippen molar-refractivity contribution in [2.24, 2.45) is 0 Å². The standard InChI is InChI=1S/C22H22ClN3O2/c1-14-18-10-19(24-11-15(18)5-7-20(14)28-2)17-4-3-9-26(13-17)22(27)16-6-8-21(23)25-12-16/h5-8,10-12,17H,3-4,9,13H2,1-2H3. The molecule has 0 N–H and O–H groups in total. The summed E-state index contributed by atoms with van der Waals surface area (Å²) in [5, 5.41) is 2.63. The molecule has 6 heteroatoms. The van der Waals surface area contributed by atoms with Gasteiger partial charge in [0.1, 0.15) is 10.9 Å². The van der Waals surface area contributed by atoms with Crippen molar-refractivity contribution in [3.8, 4) is 5.75 Å². The summed E-state index contributed by atoms with van der Waals surface area (Å²) in [7, 11) is 1.69. The number of benzene rings is 1. The Bertz CT molecular complexity index is 1020. The molecule has 5 nitrogen and oxygen atoms in total. The molecule has 1 saturated heterocycles. The molecule has 1 aliphatic heterocycles. The van der Waals surface area contributed by atoms with Crippen LogP contribution in [0.2, 0.25) is 5.15 Å². The Balaban J connectivity index is 1.59. The topological polar surface area (TPSA) is 55.3 Å². The van der Waals surface area contributed by atoms with E-state index in [9.17, 15) is 4.79 Å². The van der Waals surface area contributed by atoms with Gasteiger partial charge in [-0.3, -0.25) is 9.78 Å². The van der Waals surface area contributed by atoms with Crippen molar-refractivity contribution in [1.82, 2.24) is 14.9 Å². The largest absolute Gasteiger partial charge is 0.496 e. The molecule has 28 heavy (non-hydrogen) atoms. The Hall–Kier alpha value is -2.66. The van der Waals surface area contributed by atoms with Gasteiger partial charge in [0.2, 0.25) is 0 Å². The summed E-state index contributed by atoms with van der Waals surface area (Å²) in [5.41, 5.74) is 2.70. The van der Waals surface area contributed by atoms with E-state index in [1.54, 1.807) is 19.2 Å². The van der Waals surface area contributed by atoms with E-state index in [4.69, 9.17) is 21.3 Å². The molecule has 1 atom stereocenters. The average Bonchev–Trinajstić information content (AvgIpc) is 2.74. The summed E-state index contributed by atoms with van der Waals surface area (Å²) in [4.78, 5) is 23.5. The smallest absolute Gasteiger partial charge is 0.255 e. The molecular weight excluding hydrogens is 374 g/mol. The molecule has 1 aromatic carbocycles. The van der Waals surface area contributed by atoms with Crippen molar-refractivity contribution in [3.63, 3.8) is 0 Å². The van der Waals surface area contributed by atoms with Crippen LogP contribution in [0.4, 0.5) is 0 Å². The van der Waals surface area contributed by atoms with E-state index in [1.807, 2.05) is 23.2 Å². The molecule has 0 radical (unpaired) electrons. The van der Waals surface area contributed by atoms with Crippen LogP contribution in [0.5, 0.6) is 5.75 Å². The summed E-state index contributed by atoms with van der Waals surface area (Å²) in [5.74, 6) is 1.08. The van der Waals surface area contributed by atoms with E-state index >= 15 is 0 Å². The van der Waals surface area contributed by atoms with E-state index in [0.717, 1.165) is 47.2 Å². The molecule has 0 spiro atoms. The van der Waals surface area contributed by atoms with Crippen molar-refractivity contribution in [3.05, 3.63) is 64.7 Å². The van der Waals surface area contributed by atoms with Gasteiger partial charge in [0.25, 0.3) is 5.91 Å². The molecule has 0 bridgehead atoms. The van der Waals surface area contributed by atoms with Crippen LogP contribution in [-0.4, -0.2) is 41.0 Å². The van der Waals surface area contributed by atoms with E-state index < -0.39 is 0 Å². The van der Waals surface area contributed by atoms with Crippen LogP contribution in [0, 0.1) is 6.92 Å². The van der Waals surface area contributed by atoms with Crippen LogP contribution >= 0.6 is 11.6 Å². The maximum Gasteiger partial charge on any atom is 0.255 e. The number of rotatable bonds is 3. The van der Waals surface area contributed by atoms with Gasteiger partial charge in [-0.05, 0) is 61.0 Å². The minimum absolute atomic E-state index is 0.00694. The number of carbonyl (C=O) groups excluding carboxylic acids is 1. The second-order valence-corrected chi connectivity index (χ2v) is 7.57. The monoisotopic (exact) mass is 395 g/mol. The number of piperidine rings is 1. The van der Waals surface area contributed by atoms with Gasteiger partial charge in [-0.2, -0.15) is 0 Å². The van der Waals surface area contributed by atoms with Crippen molar-refractivity contribution in [1.29, 1.82) is 0 Å². The SMILES string of the molecule is COc1ccc2cnc(C3CCCN(C(=O)c4ccc(Cl)nc4)C3)cc2c1C. The van der Waals surface area contributed by atoms with Crippen molar-refractivity contribution >= 4 is 28.3 Å². The van der Waals surface area contributed by atoms with Crippen molar-refractivity contribution < 1.29 is 9.53 Å². The normalized spacial score (nSPS) is 17.0. The molecule has 0 aliphatic carbocycles. The lowest BCUT2D eigenvalue weighted by Gasteiger charge is -2.32. The van der Waals surface area contributed by atoms with Gasteiger partial charge >= 0.3 is 0 Å². The molecule has 2 aromatic heterocycles. The van der Waals surface area contributed by atoms with Gasteiger partial charge in [-0.25, -0.2) is 4.98 Å². The summed E-state index contributed by atoms with van der Waals surface area (Å²) in [6.07, 6.45) is 5.43. The summed E-state index contributed by atoms with van der Waals surface area (Å²) in [6.45, 7) is 3.47. The fourth-order valence-corrected chi connectivity index (χ4v) is 4.01. The fraction of sp³-hybridized carbons (Fsp3) is 0.318. The van der Waals surface area contributed by atoms with E-state index in [0.29, 0.717) is 17.3 Å². The minimum Gasteiger partial charge on any atom is -0.496 e. The van der Waals surface area contributed by atoms with E-state index in [1.165, 1.54) is 6.20 Å². The summed E-state index contributed by atoms with van der Waals surface area (Å²) < 4.78 is 5.46. The number of carbonyl (C=O) groups is 1. The Morgan fingerprint density at radius 3 is 2.82 bits per heavy atom. The van der Waals surface area contributed by atoms with Crippen LogP contribution in [0.15, 0.2) is 42.7 Å². The third kappa shape index (κ3) is 3.54. The predicted molar refractivity (Wildman–Crippen MR) is 110 cm³/mol. The summed E-state index contributed by atoms with van der Waals surface area (Å²) in [6, 6.07) is 9.53. The first-order chi connectivity index (χ1) is 13.6. The van der Waals surface area contributed by atoms with Crippen molar-refractivity contribution in [2.75, 3.05) is 20.2 Å². The maximum atomic E-state index is 12.8. The molecule has 1 unspecified atom stereocenters. The molecule has 3 heterocycles. The van der Waals surface area contributed by atoms with Crippen LogP contribution in [0.1, 0.15) is 40.4 Å². The number of pyridine rings is 2. The predicted octanol–water partition coefficient (Wildman–Crippen LogP) is 4.62. The summed E-state index contributed by atoms with van der Waals surface area (Å²) >= 11 is 5.83. The van der Waals surface area contributed by atoms with Gasteiger partial charge in [0, 0.05) is 42.5 Å². The first kappa shape index (κ1) is 18.7. The minimum atomic E-state index is -0.00694. The fourth-order valence-electron chi connectivity index (χ4n) is 3.90. The lowest BCUT2D eigenvalue weighted by Crippen LogP contribution is -2.39. The molecular formula is C22H22ClN3O2. The number of hydrogen-bond donors (Lipinski definition) is 0. The molecule has 4 rings (SSSR count). The number of aryl methyl sites for hydroxylation is 1. The van der Waals surface area contributed by atoms with E-state index in [-0.39, 0.29) is 11.8 Å². The first-order valence-corrected chi connectivity index (χ1v) is 9.78. The van der Waals surface area contributed by atoms with Gasteiger partial charge in [-0.1, -0.05) is 11.6 Å². The Labute approximate surface area is 169 Å². The number of methoxy groups -OCH3 is 1. The Kier molecular flexibility index (Phi) is 5.18. The van der Waals surface area contributed by atoms with Crippen LogP contribution < -0.4 is 4.74 Å². The Morgan fingerprint density at radius 1 is 1.21 bits per heavy atom. The number of hydrogen-bond acceptors (Lipinski definition) is 4. The quantitative estimate of drug-likeness (QED) is 0.607. The number of ether oxygens (including phenoxy) is 1. The lowest BCUT2D eigenvalue weighted by atomic mass is 9.92. The van der Waals surface area contributed by atoms with Crippen LogP contribution in [-0.2, 0) is 0 Å². The highest BCUT2D eigenvalue weighted by atomic mass is 35.5. The zero-order valence-corrected chi connectivity index (χ0v) is 16.7. The van der Waals surface area contributed by atoms with Crippen LogP contribution in [0.3, 0.4) is 0 Å². The molecule has 3 aromatic rings. The molecule has 0 saturated carbocycles. The molecule has 1 fully saturated rings. The second kappa shape index (κ2) is 7.76. The number of fused-ring (bicyclic) bond motifs is 1. The lowest BCUT2D eigenvalue weighted by molar-refractivity contribution is 0.0705. The number of amides is 1. The number of nitrogens with zero attached hydrogens (tertiary/aromatic N) is 3. The zero-order chi connectivity index (χ0) is 19.7. The van der Waals surface area contributed by atoms with Gasteiger partial charge in [0.05, 0.1) is 12.7 Å². The zero-order valence-electron chi connectivity index (χ0n) is 16.0. The number of likely N-dealkylation sites (tertiary alicyclic amines) is 1. The maximum absolute atomic E-state index is 12.8. The average molecular weight is 396 g/mol. The highest BCUT2D eigenvalue weighted by Crippen LogP contribution is 2.32. The molecule has 144 valence electrons. The van der Waals surface area contributed by atoms with E-state index in [2.05, 4.69) is 18.0 Å². The Morgan fingerprint density at radius 2 is 2.07 bits per heavy atom. The van der Waals surface area contributed by atoms with Crippen molar-refractivity contribution in [2.45, 2.75) is 25.7 Å². The van der Waals surface area contributed by atoms with Gasteiger partial charge in [-0.15, -0.1) is 0 Å². The molecule has 1 aliphatic rings. The van der Waals surface area contributed by atoms with Gasteiger partial charge < -0.3 is 9.64 Å². The number of aromatic nitrogens is 2. The van der Waals surface area contributed by atoms with Crippen LogP contribution in [0.25, 0.3) is 10.8 Å². The third-order valence-electron chi connectivity index (χ3n) is 5.46. The highest BCUT2D eigenvalue weighted by molar-refractivity contribution is 6.29. The molecule has 1 amide bonds. The first-order valence-electron chi connectivity index (χ1n) is 9.41. The second-order valence-electron chi connectivity index (χ2n) is 7.18.